The Hall–Kier alpha value is -6.17. The Morgan fingerprint density at radius 3 is 1.62 bits per heavy atom. The fraction of sp³-hybridized carbons (Fsp3) is 0.341. The molecule has 0 heterocycles. The first-order valence-electron chi connectivity index (χ1n) is 18.9. The summed E-state index contributed by atoms with van der Waals surface area (Å²) < 4.78 is 11.0. The third-order valence-corrected chi connectivity index (χ3v) is 9.35. The van der Waals surface area contributed by atoms with Crippen molar-refractivity contribution in [1.82, 2.24) is 21.3 Å². The molecule has 56 heavy (non-hydrogen) atoms. The van der Waals surface area contributed by atoms with E-state index >= 15 is 0 Å². The molecule has 0 saturated carbocycles. The van der Waals surface area contributed by atoms with Gasteiger partial charge in [0.05, 0.1) is 0 Å². The highest BCUT2D eigenvalue weighted by atomic mass is 16.6. The van der Waals surface area contributed by atoms with E-state index in [-0.39, 0.29) is 38.3 Å². The Morgan fingerprint density at radius 2 is 1.11 bits per heavy atom. The number of carboxylic acid groups (broad SMARTS) is 1. The fourth-order valence-electron chi connectivity index (χ4n) is 6.68. The summed E-state index contributed by atoms with van der Waals surface area (Å²) >= 11 is 0. The quantitative estimate of drug-likeness (QED) is 0.0800. The van der Waals surface area contributed by atoms with Crippen LogP contribution in [-0.2, 0) is 36.7 Å². The molecule has 0 bridgehead atoms. The van der Waals surface area contributed by atoms with E-state index < -0.39 is 53.7 Å². The van der Waals surface area contributed by atoms with Crippen molar-refractivity contribution in [1.29, 1.82) is 0 Å². The third-order valence-electron chi connectivity index (χ3n) is 9.35. The van der Waals surface area contributed by atoms with Crippen LogP contribution in [0, 0.1) is 0 Å². The molecular formula is C44H50N4O8. The number of hydrogen-bond donors (Lipinski definition) is 5. The molecule has 12 nitrogen and oxygen atoms in total. The molecule has 5 rings (SSSR count). The highest BCUT2D eigenvalue weighted by Gasteiger charge is 2.32. The molecule has 0 radical (unpaired) electrons. The first kappa shape index (κ1) is 41.0. The van der Waals surface area contributed by atoms with Crippen LogP contribution < -0.4 is 21.3 Å². The maximum absolute atomic E-state index is 14.1. The van der Waals surface area contributed by atoms with E-state index in [1.54, 1.807) is 45.0 Å². The maximum Gasteiger partial charge on any atom is 0.407 e. The van der Waals surface area contributed by atoms with Gasteiger partial charge in [0.15, 0.2) is 0 Å². The summed E-state index contributed by atoms with van der Waals surface area (Å²) in [4.78, 5) is 65.5. The lowest BCUT2D eigenvalue weighted by molar-refractivity contribution is -0.142. The molecule has 0 spiro atoms. The zero-order chi connectivity index (χ0) is 40.1. The number of aliphatic carboxylic acids is 1. The van der Waals surface area contributed by atoms with E-state index in [0.717, 1.165) is 33.4 Å². The highest BCUT2D eigenvalue weighted by Crippen LogP contribution is 2.44. The molecule has 294 valence electrons. The lowest BCUT2D eigenvalue weighted by Crippen LogP contribution is -2.57. The van der Waals surface area contributed by atoms with Crippen molar-refractivity contribution in [3.63, 3.8) is 0 Å². The van der Waals surface area contributed by atoms with E-state index in [1.807, 2.05) is 84.9 Å². The summed E-state index contributed by atoms with van der Waals surface area (Å²) in [5.41, 5.74) is 5.12. The number of unbranched alkanes of at least 4 members (excludes halogenated alkanes) is 1. The molecule has 0 fully saturated rings. The summed E-state index contributed by atoms with van der Waals surface area (Å²) in [6.45, 7) is 5.58. The number of benzene rings is 4. The van der Waals surface area contributed by atoms with E-state index in [2.05, 4.69) is 21.3 Å². The van der Waals surface area contributed by atoms with E-state index in [0.29, 0.717) is 12.8 Å². The van der Waals surface area contributed by atoms with Gasteiger partial charge in [-0.15, -0.1) is 0 Å². The monoisotopic (exact) mass is 762 g/mol. The first-order valence-corrected chi connectivity index (χ1v) is 18.9. The second kappa shape index (κ2) is 19.4. The number of carboxylic acids is 1. The van der Waals surface area contributed by atoms with Gasteiger partial charge in [-0.3, -0.25) is 9.59 Å². The normalized spacial score (nSPS) is 13.6. The van der Waals surface area contributed by atoms with Crippen LogP contribution in [0.1, 0.15) is 68.2 Å². The summed E-state index contributed by atoms with van der Waals surface area (Å²) in [6, 6.07) is 30.6. The zero-order valence-corrected chi connectivity index (χ0v) is 32.0. The first-order chi connectivity index (χ1) is 26.9. The van der Waals surface area contributed by atoms with Crippen LogP contribution in [0.25, 0.3) is 11.1 Å². The molecule has 4 amide bonds. The van der Waals surface area contributed by atoms with E-state index in [9.17, 15) is 29.1 Å². The SMILES string of the molecule is CC(C)(C)OC(=O)NCCCC[C@@H](NC(=O)[C@H](Cc1ccccc1)NC(=O)[C@H](Cc1ccccc1)NC(=O)OCC1c2ccccc2-c2ccccc21)C(=O)O. The molecule has 4 aromatic rings. The maximum atomic E-state index is 14.1. The number of ether oxygens (including phenoxy) is 2. The van der Waals surface area contributed by atoms with Gasteiger partial charge in [-0.25, -0.2) is 14.4 Å². The summed E-state index contributed by atoms with van der Waals surface area (Å²) in [6.07, 6.45) is -0.280. The molecule has 0 aliphatic heterocycles. The molecule has 1 aliphatic rings. The van der Waals surface area contributed by atoms with E-state index in [1.165, 1.54) is 0 Å². The van der Waals surface area contributed by atoms with Crippen molar-refractivity contribution < 1.29 is 38.6 Å². The van der Waals surface area contributed by atoms with Gasteiger partial charge >= 0.3 is 18.2 Å². The largest absolute Gasteiger partial charge is 0.480 e. The van der Waals surface area contributed by atoms with Crippen LogP contribution in [0.5, 0.6) is 0 Å². The van der Waals surface area contributed by atoms with Crippen LogP contribution in [0.2, 0.25) is 0 Å². The number of fused-ring (bicyclic) bond motifs is 3. The van der Waals surface area contributed by atoms with Gasteiger partial charge in [0.25, 0.3) is 0 Å². The molecule has 5 N–H and O–H groups in total. The summed E-state index contributed by atoms with van der Waals surface area (Å²) in [5, 5.41) is 20.7. The minimum Gasteiger partial charge on any atom is -0.480 e. The fourth-order valence-corrected chi connectivity index (χ4v) is 6.68. The topological polar surface area (TPSA) is 172 Å². The van der Waals surface area contributed by atoms with Gasteiger partial charge in [0, 0.05) is 25.3 Å². The van der Waals surface area contributed by atoms with Gasteiger partial charge in [-0.2, -0.15) is 0 Å². The molecule has 12 heteroatoms. The third kappa shape index (κ3) is 11.9. The lowest BCUT2D eigenvalue weighted by Gasteiger charge is -2.25. The minimum absolute atomic E-state index is 0.0478. The van der Waals surface area contributed by atoms with Crippen LogP contribution in [-0.4, -0.2) is 72.0 Å². The van der Waals surface area contributed by atoms with Gasteiger partial charge in [0.1, 0.15) is 30.3 Å². The summed E-state index contributed by atoms with van der Waals surface area (Å²) in [5.74, 6) is -2.75. The zero-order valence-electron chi connectivity index (χ0n) is 32.0. The highest BCUT2D eigenvalue weighted by molar-refractivity contribution is 5.93. The number of alkyl carbamates (subject to hydrolysis) is 2. The smallest absolute Gasteiger partial charge is 0.407 e. The predicted octanol–water partition coefficient (Wildman–Crippen LogP) is 6.13. The van der Waals surface area contributed by atoms with E-state index in [4.69, 9.17) is 9.47 Å². The molecule has 0 saturated heterocycles. The minimum atomic E-state index is -1.25. The Labute approximate surface area is 327 Å². The van der Waals surface area contributed by atoms with Gasteiger partial charge in [-0.1, -0.05) is 109 Å². The molecule has 1 aliphatic carbocycles. The van der Waals surface area contributed by atoms with Crippen molar-refractivity contribution in [2.45, 2.75) is 82.5 Å². The average Bonchev–Trinajstić information content (AvgIpc) is 3.49. The van der Waals surface area contributed by atoms with Gasteiger partial charge < -0.3 is 35.8 Å². The van der Waals surface area contributed by atoms with Crippen molar-refractivity contribution in [3.8, 4) is 11.1 Å². The Balaban J connectivity index is 1.25. The number of nitrogens with one attached hydrogen (secondary N) is 4. The number of amides is 4. The van der Waals surface area contributed by atoms with Crippen LogP contribution in [0.15, 0.2) is 109 Å². The number of hydrogen-bond acceptors (Lipinski definition) is 7. The average molecular weight is 763 g/mol. The number of rotatable bonds is 17. The standard InChI is InChI=1S/C44H50N4O8/c1-44(2,3)56-42(53)45-25-15-14-24-36(41(51)52)46-39(49)37(26-29-16-6-4-7-17-29)47-40(50)38(27-30-18-8-5-9-19-30)48-43(54)55-28-35-33-22-12-10-20-31(33)32-21-11-13-23-34(32)35/h4-13,16-23,35-38H,14-15,24-28H2,1-3H3,(H,45,53)(H,46,49)(H,47,50)(H,48,54)(H,51,52)/t36-,37+,38+/m1/s1. The Morgan fingerprint density at radius 1 is 0.625 bits per heavy atom. The van der Waals surface area contributed by atoms with Crippen LogP contribution >= 0.6 is 0 Å². The van der Waals surface area contributed by atoms with Crippen LogP contribution in [0.3, 0.4) is 0 Å². The number of carbonyl (C=O) groups is 5. The lowest BCUT2D eigenvalue weighted by atomic mass is 9.98. The van der Waals surface area contributed by atoms with Crippen molar-refractivity contribution in [3.05, 3.63) is 131 Å². The van der Waals surface area contributed by atoms with Gasteiger partial charge in [0.2, 0.25) is 11.8 Å². The van der Waals surface area contributed by atoms with Crippen molar-refractivity contribution in [2.75, 3.05) is 13.2 Å². The molecule has 0 unspecified atom stereocenters. The molecular weight excluding hydrogens is 713 g/mol. The Kier molecular flexibility index (Phi) is 14.2. The van der Waals surface area contributed by atoms with Crippen molar-refractivity contribution in [2.24, 2.45) is 0 Å². The summed E-state index contributed by atoms with van der Waals surface area (Å²) in [7, 11) is 0. The van der Waals surface area contributed by atoms with Crippen molar-refractivity contribution >= 4 is 30.0 Å². The van der Waals surface area contributed by atoms with Gasteiger partial charge in [-0.05, 0) is 73.4 Å². The molecule has 4 aromatic carbocycles. The number of carbonyl (C=O) groups excluding carboxylic acids is 4. The Bertz CT molecular complexity index is 1920. The van der Waals surface area contributed by atoms with Crippen LogP contribution in [0.4, 0.5) is 9.59 Å². The predicted molar refractivity (Wildman–Crippen MR) is 212 cm³/mol. The second-order valence-corrected chi connectivity index (χ2v) is 14.8. The second-order valence-electron chi connectivity index (χ2n) is 14.8. The molecule has 3 atom stereocenters. The molecule has 0 aromatic heterocycles.